The van der Waals surface area contributed by atoms with Crippen molar-refractivity contribution in [3.8, 4) is 0 Å². The van der Waals surface area contributed by atoms with Crippen molar-refractivity contribution in [3.05, 3.63) is 62.6 Å². The highest BCUT2D eigenvalue weighted by Gasteiger charge is 2.15. The van der Waals surface area contributed by atoms with Crippen LogP contribution in [0.1, 0.15) is 22.3 Å². The average molecular weight is 379 g/mol. The van der Waals surface area contributed by atoms with Gasteiger partial charge in [0.1, 0.15) is 0 Å². The summed E-state index contributed by atoms with van der Waals surface area (Å²) in [7, 11) is 0. The van der Waals surface area contributed by atoms with Crippen LogP contribution >= 0.6 is 23.2 Å². The number of nitrogens with one attached hydrogen (secondary N) is 2. The minimum atomic E-state index is -0.683. The molecule has 0 spiro atoms. The third-order valence-electron chi connectivity index (χ3n) is 3.82. The second kappa shape index (κ2) is 8.37. The predicted molar refractivity (Wildman–Crippen MR) is 102 cm³/mol. The second-order valence-corrected chi connectivity index (χ2v) is 6.81. The number of amides is 2. The fraction of sp³-hybridized carbons (Fsp3) is 0.263. The lowest BCUT2D eigenvalue weighted by Gasteiger charge is -2.13. The van der Waals surface area contributed by atoms with E-state index in [1.54, 1.807) is 18.2 Å². The zero-order chi connectivity index (χ0) is 18.6. The largest absolute Gasteiger partial charge is 0.347 e. The molecule has 0 heterocycles. The van der Waals surface area contributed by atoms with Crippen molar-refractivity contribution in [2.45, 2.75) is 27.2 Å². The minimum Gasteiger partial charge on any atom is -0.347 e. The maximum atomic E-state index is 12.1. The highest BCUT2D eigenvalue weighted by atomic mass is 35.5. The van der Waals surface area contributed by atoms with Gasteiger partial charge in [-0.3, -0.25) is 9.59 Å². The number of carbonyl (C=O) groups excluding carboxylic acids is 2. The van der Waals surface area contributed by atoms with Crippen LogP contribution < -0.4 is 10.6 Å². The van der Waals surface area contributed by atoms with Gasteiger partial charge in [-0.2, -0.15) is 0 Å². The van der Waals surface area contributed by atoms with Crippen LogP contribution in [0.25, 0.3) is 0 Å². The summed E-state index contributed by atoms with van der Waals surface area (Å²) in [5, 5.41) is 6.37. The quantitative estimate of drug-likeness (QED) is 0.782. The van der Waals surface area contributed by atoms with Crippen molar-refractivity contribution < 1.29 is 9.59 Å². The number of halogens is 2. The number of rotatable bonds is 4. The van der Waals surface area contributed by atoms with Crippen molar-refractivity contribution in [2.75, 3.05) is 11.9 Å². The smallest absolute Gasteiger partial charge is 0.313 e. The molecule has 2 aromatic rings. The van der Waals surface area contributed by atoms with E-state index < -0.39 is 11.8 Å². The lowest BCUT2D eigenvalue weighted by atomic mass is 10.1. The van der Waals surface area contributed by atoms with Gasteiger partial charge in [-0.1, -0.05) is 47.0 Å². The number of benzene rings is 2. The van der Waals surface area contributed by atoms with Crippen molar-refractivity contribution in [3.63, 3.8) is 0 Å². The van der Waals surface area contributed by atoms with Crippen molar-refractivity contribution in [2.24, 2.45) is 0 Å². The van der Waals surface area contributed by atoms with E-state index in [1.165, 1.54) is 0 Å². The van der Waals surface area contributed by atoms with Gasteiger partial charge in [0.25, 0.3) is 0 Å². The summed E-state index contributed by atoms with van der Waals surface area (Å²) in [6.07, 6.45) is 0.512. The van der Waals surface area contributed by atoms with Gasteiger partial charge in [-0.05, 0) is 56.0 Å². The van der Waals surface area contributed by atoms with E-state index in [0.717, 1.165) is 22.3 Å². The first-order valence-electron chi connectivity index (χ1n) is 7.89. The van der Waals surface area contributed by atoms with Crippen LogP contribution in [0.5, 0.6) is 0 Å². The molecular weight excluding hydrogens is 359 g/mol. The van der Waals surface area contributed by atoms with Gasteiger partial charge >= 0.3 is 11.8 Å². The number of hydrogen-bond donors (Lipinski definition) is 2. The summed E-state index contributed by atoms with van der Waals surface area (Å²) in [6.45, 7) is 6.09. The Hall–Kier alpha value is -2.04. The molecule has 2 amide bonds. The summed E-state index contributed by atoms with van der Waals surface area (Å²) in [4.78, 5) is 24.1. The van der Waals surface area contributed by atoms with Crippen molar-refractivity contribution >= 4 is 40.7 Å². The van der Waals surface area contributed by atoms with Gasteiger partial charge in [-0.25, -0.2) is 0 Å². The summed E-state index contributed by atoms with van der Waals surface area (Å²) < 4.78 is 0. The summed E-state index contributed by atoms with van der Waals surface area (Å²) in [5.74, 6) is -1.36. The van der Waals surface area contributed by atoms with E-state index >= 15 is 0 Å². The van der Waals surface area contributed by atoms with Crippen LogP contribution in [-0.4, -0.2) is 18.4 Å². The van der Waals surface area contributed by atoms with E-state index in [2.05, 4.69) is 10.6 Å². The molecule has 6 heteroatoms. The molecule has 0 atom stereocenters. The Bertz CT molecular complexity index is 796. The molecule has 0 aliphatic heterocycles. The van der Waals surface area contributed by atoms with Gasteiger partial charge < -0.3 is 10.6 Å². The fourth-order valence-corrected chi connectivity index (χ4v) is 3.17. The second-order valence-electron chi connectivity index (χ2n) is 5.97. The van der Waals surface area contributed by atoms with Crippen LogP contribution in [-0.2, 0) is 16.0 Å². The Balaban J connectivity index is 1.92. The number of carbonyl (C=O) groups is 2. The summed E-state index contributed by atoms with van der Waals surface area (Å²) >= 11 is 11.9. The molecule has 0 unspecified atom stereocenters. The molecule has 2 N–H and O–H groups in total. The van der Waals surface area contributed by atoms with Gasteiger partial charge in [0.2, 0.25) is 0 Å². The molecule has 0 saturated heterocycles. The molecule has 0 fully saturated rings. The van der Waals surface area contributed by atoms with Crippen LogP contribution in [0, 0.1) is 20.8 Å². The molecule has 0 aromatic heterocycles. The van der Waals surface area contributed by atoms with Crippen LogP contribution in [0.4, 0.5) is 5.69 Å². The topological polar surface area (TPSA) is 58.2 Å². The normalized spacial score (nSPS) is 10.4. The highest BCUT2D eigenvalue weighted by molar-refractivity contribution is 6.39. The molecule has 2 aromatic carbocycles. The molecular formula is C19H20Cl2N2O2. The molecule has 0 saturated carbocycles. The molecule has 4 nitrogen and oxygen atoms in total. The number of anilines is 1. The minimum absolute atomic E-state index is 0.305. The maximum Gasteiger partial charge on any atom is 0.313 e. The zero-order valence-electron chi connectivity index (χ0n) is 14.4. The third-order valence-corrected chi connectivity index (χ3v) is 4.40. The third kappa shape index (κ3) is 5.21. The molecule has 2 rings (SSSR count). The van der Waals surface area contributed by atoms with E-state index in [9.17, 15) is 9.59 Å². The average Bonchev–Trinajstić information content (AvgIpc) is 2.52. The standard InChI is InChI=1S/C19H20Cl2N2O2/c1-11-8-12(2)17(13(3)9-11)23-19(25)18(24)22-7-6-14-4-5-15(20)10-16(14)21/h4-5,8-10H,6-7H2,1-3H3,(H,22,24)(H,23,25). The van der Waals surface area contributed by atoms with Crippen molar-refractivity contribution in [1.29, 1.82) is 0 Å². The first kappa shape index (κ1) is 19.3. The van der Waals surface area contributed by atoms with E-state index in [4.69, 9.17) is 23.2 Å². The highest BCUT2D eigenvalue weighted by Crippen LogP contribution is 2.22. The molecule has 0 bridgehead atoms. The zero-order valence-corrected chi connectivity index (χ0v) is 15.9. The van der Waals surface area contributed by atoms with Crippen LogP contribution in [0.3, 0.4) is 0 Å². The monoisotopic (exact) mass is 378 g/mol. The van der Waals surface area contributed by atoms with Crippen LogP contribution in [0.15, 0.2) is 30.3 Å². The lowest BCUT2D eigenvalue weighted by molar-refractivity contribution is -0.136. The number of hydrogen-bond acceptors (Lipinski definition) is 2. The fourth-order valence-electron chi connectivity index (χ4n) is 2.66. The Morgan fingerprint density at radius 3 is 2.20 bits per heavy atom. The van der Waals surface area contributed by atoms with Crippen molar-refractivity contribution in [1.82, 2.24) is 5.32 Å². The predicted octanol–water partition coefficient (Wildman–Crippen LogP) is 4.22. The Kier molecular flexibility index (Phi) is 6.45. The molecule has 0 radical (unpaired) electrons. The van der Waals surface area contributed by atoms with E-state index in [1.807, 2.05) is 32.9 Å². The Morgan fingerprint density at radius 2 is 1.60 bits per heavy atom. The first-order chi connectivity index (χ1) is 11.8. The first-order valence-corrected chi connectivity index (χ1v) is 8.64. The van der Waals surface area contributed by atoms with E-state index in [0.29, 0.717) is 28.7 Å². The number of aryl methyl sites for hydroxylation is 3. The summed E-state index contributed by atoms with van der Waals surface area (Å²) in [5.41, 5.74) is 4.49. The molecule has 25 heavy (non-hydrogen) atoms. The summed E-state index contributed by atoms with van der Waals surface area (Å²) in [6, 6.07) is 9.11. The van der Waals surface area contributed by atoms with Gasteiger partial charge in [0.15, 0.2) is 0 Å². The van der Waals surface area contributed by atoms with E-state index in [-0.39, 0.29) is 0 Å². The molecule has 132 valence electrons. The SMILES string of the molecule is Cc1cc(C)c(NC(=O)C(=O)NCCc2ccc(Cl)cc2Cl)c(C)c1. The maximum absolute atomic E-state index is 12.1. The van der Waals surface area contributed by atoms with Crippen LogP contribution in [0.2, 0.25) is 10.0 Å². The van der Waals surface area contributed by atoms with Gasteiger partial charge in [-0.15, -0.1) is 0 Å². The molecule has 0 aliphatic carbocycles. The Morgan fingerprint density at radius 1 is 0.960 bits per heavy atom. The Labute approximate surface area is 157 Å². The van der Waals surface area contributed by atoms with Gasteiger partial charge in [0.05, 0.1) is 0 Å². The van der Waals surface area contributed by atoms with Gasteiger partial charge in [0, 0.05) is 22.3 Å². The molecule has 0 aliphatic rings. The lowest BCUT2D eigenvalue weighted by Crippen LogP contribution is -2.36.